The Morgan fingerprint density at radius 2 is 2.22 bits per heavy atom. The average molecular weight is 130 g/mol. The molecule has 2 aliphatic rings. The van der Waals surface area contributed by atoms with Crippen LogP contribution in [0.15, 0.2) is 0 Å². The fourth-order valence-electron chi connectivity index (χ4n) is 1.48. The molecule has 3 nitrogen and oxygen atoms in total. The minimum atomic E-state index is -0.558. The maximum atomic E-state index is 9.10. The van der Waals surface area contributed by atoms with Gasteiger partial charge in [-0.15, -0.1) is 0 Å². The molecule has 2 fully saturated rings. The van der Waals surface area contributed by atoms with Crippen LogP contribution in [0.5, 0.6) is 0 Å². The van der Waals surface area contributed by atoms with Gasteiger partial charge >= 0.3 is 0 Å². The Labute approximate surface area is 53.6 Å². The van der Waals surface area contributed by atoms with Gasteiger partial charge in [0.05, 0.1) is 12.7 Å². The number of aliphatic hydroxyl groups is 1. The van der Waals surface area contributed by atoms with Crippen LogP contribution < -0.4 is 0 Å². The third-order valence-electron chi connectivity index (χ3n) is 2.06. The summed E-state index contributed by atoms with van der Waals surface area (Å²) in [4.78, 5) is 0. The van der Waals surface area contributed by atoms with E-state index < -0.39 is 6.29 Å². The topological polar surface area (TPSA) is 38.7 Å². The van der Waals surface area contributed by atoms with E-state index in [2.05, 4.69) is 0 Å². The first kappa shape index (κ1) is 5.65. The highest BCUT2D eigenvalue weighted by Gasteiger charge is 2.40. The number of ether oxygens (including phenoxy) is 2. The van der Waals surface area contributed by atoms with Crippen molar-refractivity contribution in [3.8, 4) is 0 Å². The molecule has 3 heteroatoms. The van der Waals surface area contributed by atoms with Gasteiger partial charge in [0, 0.05) is 12.5 Å². The van der Waals surface area contributed by atoms with Crippen LogP contribution in [0.4, 0.5) is 0 Å². The van der Waals surface area contributed by atoms with Gasteiger partial charge in [0.15, 0.2) is 6.29 Å². The summed E-state index contributed by atoms with van der Waals surface area (Å²) in [5.41, 5.74) is 0. The molecule has 2 heterocycles. The lowest BCUT2D eigenvalue weighted by atomic mass is 10.0. The summed E-state index contributed by atoms with van der Waals surface area (Å²) in [6.45, 7) is 1.36. The molecule has 0 spiro atoms. The molecule has 3 unspecified atom stereocenters. The molecule has 0 bridgehead atoms. The zero-order chi connectivity index (χ0) is 6.27. The summed E-state index contributed by atoms with van der Waals surface area (Å²) in [5, 5.41) is 9.10. The van der Waals surface area contributed by atoms with Crippen molar-refractivity contribution in [1.29, 1.82) is 0 Å². The van der Waals surface area contributed by atoms with Crippen molar-refractivity contribution in [3.05, 3.63) is 0 Å². The van der Waals surface area contributed by atoms with Crippen LogP contribution in [0.3, 0.4) is 0 Å². The summed E-state index contributed by atoms with van der Waals surface area (Å²) >= 11 is 0. The van der Waals surface area contributed by atoms with E-state index in [4.69, 9.17) is 14.6 Å². The maximum absolute atomic E-state index is 9.10. The van der Waals surface area contributed by atoms with Gasteiger partial charge in [-0.25, -0.2) is 0 Å². The van der Waals surface area contributed by atoms with E-state index in [9.17, 15) is 0 Å². The Kier molecular flexibility index (Phi) is 1.22. The van der Waals surface area contributed by atoms with E-state index in [1.807, 2.05) is 0 Å². The van der Waals surface area contributed by atoms with Gasteiger partial charge in [-0.1, -0.05) is 0 Å². The van der Waals surface area contributed by atoms with Gasteiger partial charge in [0.25, 0.3) is 0 Å². The summed E-state index contributed by atoms with van der Waals surface area (Å²) in [7, 11) is 0. The monoisotopic (exact) mass is 130 g/mol. The average Bonchev–Trinajstić information content (AvgIpc) is 2.35. The van der Waals surface area contributed by atoms with Gasteiger partial charge in [-0.2, -0.15) is 0 Å². The third kappa shape index (κ3) is 0.764. The van der Waals surface area contributed by atoms with Gasteiger partial charge in [0.1, 0.15) is 0 Å². The van der Waals surface area contributed by atoms with Crippen LogP contribution in [0, 0.1) is 5.92 Å². The van der Waals surface area contributed by atoms with Gasteiger partial charge < -0.3 is 14.6 Å². The van der Waals surface area contributed by atoms with Gasteiger partial charge in [-0.05, 0) is 6.42 Å². The Hall–Kier alpha value is -0.120. The van der Waals surface area contributed by atoms with E-state index >= 15 is 0 Å². The fraction of sp³-hybridized carbons (Fsp3) is 1.00. The molecule has 2 rings (SSSR count). The van der Waals surface area contributed by atoms with Crippen molar-refractivity contribution < 1.29 is 14.6 Å². The second-order valence-electron chi connectivity index (χ2n) is 2.59. The van der Waals surface area contributed by atoms with Crippen molar-refractivity contribution in [2.24, 2.45) is 5.92 Å². The SMILES string of the molecule is OC1OCC2OCCC12. The maximum Gasteiger partial charge on any atom is 0.160 e. The first-order valence-corrected chi connectivity index (χ1v) is 3.29. The lowest BCUT2D eigenvalue weighted by Gasteiger charge is -2.06. The van der Waals surface area contributed by atoms with E-state index in [0.29, 0.717) is 6.61 Å². The molecule has 2 saturated heterocycles. The van der Waals surface area contributed by atoms with Crippen molar-refractivity contribution in [1.82, 2.24) is 0 Å². The van der Waals surface area contributed by atoms with Crippen LogP contribution in [0.1, 0.15) is 6.42 Å². The molecule has 9 heavy (non-hydrogen) atoms. The van der Waals surface area contributed by atoms with Crippen LogP contribution in [0.25, 0.3) is 0 Å². The molecule has 1 N–H and O–H groups in total. The number of hydrogen-bond acceptors (Lipinski definition) is 3. The predicted octanol–water partition coefficient (Wildman–Crippen LogP) is -0.260. The number of fused-ring (bicyclic) bond motifs is 1. The number of aliphatic hydroxyl groups excluding tert-OH is 1. The number of rotatable bonds is 0. The van der Waals surface area contributed by atoms with Crippen molar-refractivity contribution >= 4 is 0 Å². The quantitative estimate of drug-likeness (QED) is 0.491. The van der Waals surface area contributed by atoms with Crippen molar-refractivity contribution in [2.45, 2.75) is 18.8 Å². The highest BCUT2D eigenvalue weighted by molar-refractivity contribution is 4.82. The molecule has 0 saturated carbocycles. The summed E-state index contributed by atoms with van der Waals surface area (Å²) in [6.07, 6.45) is 0.573. The molecule has 52 valence electrons. The standard InChI is InChI=1S/C6H10O3/c7-6-4-1-2-8-5(4)3-9-6/h4-7H,1-3H2. The lowest BCUT2D eigenvalue weighted by Crippen LogP contribution is -2.18. The van der Waals surface area contributed by atoms with Crippen LogP contribution >= 0.6 is 0 Å². The second-order valence-corrected chi connectivity index (χ2v) is 2.59. The summed E-state index contributed by atoms with van der Waals surface area (Å²) < 4.78 is 10.2. The minimum absolute atomic E-state index is 0.181. The Morgan fingerprint density at radius 1 is 1.33 bits per heavy atom. The molecule has 2 aliphatic heterocycles. The smallest absolute Gasteiger partial charge is 0.160 e. The first-order chi connectivity index (χ1) is 4.38. The second kappa shape index (κ2) is 1.94. The zero-order valence-corrected chi connectivity index (χ0v) is 5.12. The van der Waals surface area contributed by atoms with E-state index in [0.717, 1.165) is 13.0 Å². The van der Waals surface area contributed by atoms with Gasteiger partial charge in [-0.3, -0.25) is 0 Å². The molecule has 0 radical (unpaired) electrons. The molecule has 0 amide bonds. The van der Waals surface area contributed by atoms with Gasteiger partial charge in [0.2, 0.25) is 0 Å². The van der Waals surface area contributed by atoms with E-state index in [-0.39, 0.29) is 12.0 Å². The zero-order valence-electron chi connectivity index (χ0n) is 5.12. The Morgan fingerprint density at radius 3 is 3.00 bits per heavy atom. The highest BCUT2D eigenvalue weighted by atomic mass is 16.6. The lowest BCUT2D eigenvalue weighted by molar-refractivity contribution is -0.0842. The van der Waals surface area contributed by atoms with E-state index in [1.165, 1.54) is 0 Å². The molecule has 3 atom stereocenters. The molecular weight excluding hydrogens is 120 g/mol. The molecule has 0 aromatic heterocycles. The molecule has 0 aromatic rings. The first-order valence-electron chi connectivity index (χ1n) is 3.29. The minimum Gasteiger partial charge on any atom is -0.375 e. The Balaban J connectivity index is 2.07. The van der Waals surface area contributed by atoms with Crippen LogP contribution in [-0.2, 0) is 9.47 Å². The largest absolute Gasteiger partial charge is 0.375 e. The highest BCUT2D eigenvalue weighted by Crippen LogP contribution is 2.30. The van der Waals surface area contributed by atoms with Crippen molar-refractivity contribution in [2.75, 3.05) is 13.2 Å². The molecule has 0 aromatic carbocycles. The predicted molar refractivity (Wildman–Crippen MR) is 29.8 cm³/mol. The number of hydrogen-bond donors (Lipinski definition) is 1. The normalized spacial score (nSPS) is 49.7. The molecular formula is C6H10O3. The Bertz CT molecular complexity index is 115. The van der Waals surface area contributed by atoms with E-state index in [1.54, 1.807) is 0 Å². The van der Waals surface area contributed by atoms with Crippen LogP contribution in [0.2, 0.25) is 0 Å². The van der Waals surface area contributed by atoms with Crippen LogP contribution in [-0.4, -0.2) is 30.7 Å². The van der Waals surface area contributed by atoms with Crippen molar-refractivity contribution in [3.63, 3.8) is 0 Å². The fourth-order valence-corrected chi connectivity index (χ4v) is 1.48. The molecule has 0 aliphatic carbocycles. The third-order valence-corrected chi connectivity index (χ3v) is 2.06. The summed E-state index contributed by atoms with van der Waals surface area (Å²) in [6, 6.07) is 0. The summed E-state index contributed by atoms with van der Waals surface area (Å²) in [5.74, 6) is 0.255.